The number of pyridine rings is 1. The summed E-state index contributed by atoms with van der Waals surface area (Å²) in [5.74, 6) is 1.44. The number of nitrogens with zero attached hydrogens (tertiary/aromatic N) is 4. The lowest BCUT2D eigenvalue weighted by molar-refractivity contribution is 0.185. The number of benzene rings is 1. The lowest BCUT2D eigenvalue weighted by Gasteiger charge is -2.40. The second-order valence-corrected chi connectivity index (χ2v) is 9.40. The van der Waals surface area contributed by atoms with Gasteiger partial charge in [-0.1, -0.05) is 12.1 Å². The molecule has 176 valence electrons. The summed E-state index contributed by atoms with van der Waals surface area (Å²) in [5, 5.41) is 8.57. The Labute approximate surface area is 193 Å². The van der Waals surface area contributed by atoms with Crippen molar-refractivity contribution in [3.05, 3.63) is 34.9 Å². The maximum atomic E-state index is 15.1. The lowest BCUT2D eigenvalue weighted by Crippen LogP contribution is -2.50. The highest BCUT2D eigenvalue weighted by molar-refractivity contribution is 5.93. The Morgan fingerprint density at radius 1 is 1.18 bits per heavy atom. The third-order valence-electron chi connectivity index (χ3n) is 7.04. The SMILES string of the molecule is CCc1cc(F)c2nc(N3CCC(NC4CCOC4)CC3C)c(-c3nc(C)no3)c(C)c2c1. The van der Waals surface area contributed by atoms with Gasteiger partial charge in [0.25, 0.3) is 5.89 Å². The van der Waals surface area contributed by atoms with E-state index in [4.69, 9.17) is 14.2 Å². The smallest absolute Gasteiger partial charge is 0.261 e. The minimum Gasteiger partial charge on any atom is -0.380 e. The Kier molecular flexibility index (Phi) is 6.05. The molecule has 0 radical (unpaired) electrons. The van der Waals surface area contributed by atoms with Crippen LogP contribution in [0.4, 0.5) is 10.2 Å². The number of rotatable bonds is 5. The van der Waals surface area contributed by atoms with Gasteiger partial charge in [-0.25, -0.2) is 9.37 Å². The van der Waals surface area contributed by atoms with Crippen LogP contribution in [0.25, 0.3) is 22.4 Å². The topological polar surface area (TPSA) is 76.3 Å². The van der Waals surface area contributed by atoms with Crippen molar-refractivity contribution in [3.63, 3.8) is 0 Å². The molecule has 33 heavy (non-hydrogen) atoms. The second kappa shape index (κ2) is 8.99. The molecular weight excluding hydrogens is 421 g/mol. The van der Waals surface area contributed by atoms with Crippen molar-refractivity contribution >= 4 is 16.7 Å². The molecule has 8 heteroatoms. The molecule has 0 saturated carbocycles. The van der Waals surface area contributed by atoms with E-state index in [2.05, 4.69) is 27.3 Å². The maximum absolute atomic E-state index is 15.1. The largest absolute Gasteiger partial charge is 0.380 e. The van der Waals surface area contributed by atoms with Gasteiger partial charge in [-0.3, -0.25) is 0 Å². The Morgan fingerprint density at radius 3 is 2.70 bits per heavy atom. The maximum Gasteiger partial charge on any atom is 0.261 e. The molecule has 4 heterocycles. The van der Waals surface area contributed by atoms with Crippen LogP contribution in [-0.2, 0) is 11.2 Å². The van der Waals surface area contributed by atoms with Crippen LogP contribution in [0.2, 0.25) is 0 Å². The molecule has 2 aliphatic heterocycles. The van der Waals surface area contributed by atoms with Crippen LogP contribution >= 0.6 is 0 Å². The molecule has 2 aliphatic rings. The highest BCUT2D eigenvalue weighted by Gasteiger charge is 2.32. The van der Waals surface area contributed by atoms with Crippen molar-refractivity contribution in [2.45, 2.75) is 71.5 Å². The van der Waals surface area contributed by atoms with Gasteiger partial charge in [0.05, 0.1) is 12.2 Å². The molecule has 0 bridgehead atoms. The molecular formula is C25H32FN5O2. The van der Waals surface area contributed by atoms with E-state index in [1.807, 2.05) is 19.9 Å². The molecule has 0 spiro atoms. The summed E-state index contributed by atoms with van der Waals surface area (Å²) in [6.07, 6.45) is 3.79. The second-order valence-electron chi connectivity index (χ2n) is 9.40. The molecule has 0 amide bonds. The van der Waals surface area contributed by atoms with Gasteiger partial charge < -0.3 is 19.5 Å². The van der Waals surface area contributed by atoms with Gasteiger partial charge in [-0.05, 0) is 69.7 Å². The standard InChI is InChI=1S/C25H32FN5O2/c1-5-17-11-20-15(3)22(25-27-16(4)30-33-25)24(29-23(20)21(26)12-17)31-8-6-18(10-14(31)2)28-19-7-9-32-13-19/h11-12,14,18-19,28H,5-10,13H2,1-4H3. The Bertz CT molecular complexity index is 1160. The van der Waals surface area contributed by atoms with Gasteiger partial charge in [-0.2, -0.15) is 4.98 Å². The molecule has 3 atom stereocenters. The van der Waals surface area contributed by atoms with Crippen LogP contribution in [0.3, 0.4) is 0 Å². The summed E-state index contributed by atoms with van der Waals surface area (Å²) in [6.45, 7) is 10.5. The molecule has 3 unspecified atom stereocenters. The van der Waals surface area contributed by atoms with Crippen LogP contribution in [0.15, 0.2) is 16.7 Å². The van der Waals surface area contributed by atoms with Gasteiger partial charge in [0.2, 0.25) is 0 Å². The number of halogens is 1. The summed E-state index contributed by atoms with van der Waals surface area (Å²) in [6, 6.07) is 4.72. The van der Waals surface area contributed by atoms with Gasteiger partial charge in [0.1, 0.15) is 17.2 Å². The molecule has 2 saturated heterocycles. The number of fused-ring (bicyclic) bond motifs is 1. The summed E-state index contributed by atoms with van der Waals surface area (Å²) >= 11 is 0. The van der Waals surface area contributed by atoms with E-state index in [9.17, 15) is 0 Å². The zero-order valence-corrected chi connectivity index (χ0v) is 19.8. The third-order valence-corrected chi connectivity index (χ3v) is 7.04. The monoisotopic (exact) mass is 453 g/mol. The van der Waals surface area contributed by atoms with Crippen molar-refractivity contribution in [1.82, 2.24) is 20.4 Å². The number of anilines is 1. The van der Waals surface area contributed by atoms with Gasteiger partial charge in [0, 0.05) is 36.7 Å². The Hall–Kier alpha value is -2.58. The Balaban J connectivity index is 1.56. The summed E-state index contributed by atoms with van der Waals surface area (Å²) in [7, 11) is 0. The molecule has 0 aliphatic carbocycles. The molecule has 3 aromatic rings. The van der Waals surface area contributed by atoms with Crippen LogP contribution in [0.5, 0.6) is 0 Å². The lowest BCUT2D eigenvalue weighted by atomic mass is 9.95. The van der Waals surface area contributed by atoms with Gasteiger partial charge in [0.15, 0.2) is 5.82 Å². The zero-order chi connectivity index (χ0) is 23.1. The van der Waals surface area contributed by atoms with Gasteiger partial charge >= 0.3 is 0 Å². The number of hydrogen-bond acceptors (Lipinski definition) is 7. The van der Waals surface area contributed by atoms with Crippen molar-refractivity contribution in [2.75, 3.05) is 24.7 Å². The van der Waals surface area contributed by atoms with E-state index in [1.54, 1.807) is 13.0 Å². The van der Waals surface area contributed by atoms with Crippen LogP contribution < -0.4 is 10.2 Å². The first-order valence-corrected chi connectivity index (χ1v) is 12.0. The van der Waals surface area contributed by atoms with E-state index >= 15 is 4.39 Å². The number of hydrogen-bond donors (Lipinski definition) is 1. The van der Waals surface area contributed by atoms with E-state index in [0.717, 1.165) is 73.3 Å². The molecule has 2 fully saturated rings. The van der Waals surface area contributed by atoms with E-state index in [0.29, 0.717) is 29.3 Å². The zero-order valence-electron chi connectivity index (χ0n) is 19.8. The minimum atomic E-state index is -0.285. The van der Waals surface area contributed by atoms with Crippen molar-refractivity contribution in [2.24, 2.45) is 0 Å². The molecule has 2 aromatic heterocycles. The van der Waals surface area contributed by atoms with E-state index in [-0.39, 0.29) is 11.9 Å². The average Bonchev–Trinajstić information content (AvgIpc) is 3.46. The first-order chi connectivity index (χ1) is 15.9. The third kappa shape index (κ3) is 4.22. The summed E-state index contributed by atoms with van der Waals surface area (Å²) in [4.78, 5) is 11.7. The highest BCUT2D eigenvalue weighted by atomic mass is 19.1. The molecule has 1 N–H and O–H groups in total. The fourth-order valence-electron chi connectivity index (χ4n) is 5.22. The fraction of sp³-hybridized carbons (Fsp3) is 0.560. The molecule has 5 rings (SSSR count). The van der Waals surface area contributed by atoms with Crippen LogP contribution in [0, 0.1) is 19.7 Å². The number of nitrogens with one attached hydrogen (secondary N) is 1. The minimum absolute atomic E-state index is 0.226. The Morgan fingerprint density at radius 2 is 2.03 bits per heavy atom. The average molecular weight is 454 g/mol. The van der Waals surface area contributed by atoms with E-state index in [1.165, 1.54) is 0 Å². The number of aryl methyl sites for hydroxylation is 3. The predicted molar refractivity (Wildman–Crippen MR) is 126 cm³/mol. The van der Waals surface area contributed by atoms with Crippen LogP contribution in [0.1, 0.15) is 50.1 Å². The molecule has 1 aromatic carbocycles. The van der Waals surface area contributed by atoms with Crippen molar-refractivity contribution < 1.29 is 13.7 Å². The summed E-state index contributed by atoms with van der Waals surface area (Å²) < 4.78 is 26.2. The highest BCUT2D eigenvalue weighted by Crippen LogP contribution is 2.39. The summed E-state index contributed by atoms with van der Waals surface area (Å²) in [5.41, 5.74) is 3.07. The normalized spacial score (nSPS) is 23.5. The first-order valence-electron chi connectivity index (χ1n) is 12.0. The predicted octanol–water partition coefficient (Wildman–Crippen LogP) is 4.34. The number of ether oxygens (including phenoxy) is 1. The van der Waals surface area contributed by atoms with Crippen molar-refractivity contribution in [3.8, 4) is 11.5 Å². The molecule has 7 nitrogen and oxygen atoms in total. The first kappa shape index (κ1) is 22.2. The van der Waals surface area contributed by atoms with Gasteiger partial charge in [-0.15, -0.1) is 0 Å². The quantitative estimate of drug-likeness (QED) is 0.616. The number of aromatic nitrogens is 3. The van der Waals surface area contributed by atoms with Crippen molar-refractivity contribution in [1.29, 1.82) is 0 Å². The fourth-order valence-corrected chi connectivity index (χ4v) is 5.22. The number of piperidine rings is 1. The van der Waals surface area contributed by atoms with Crippen LogP contribution in [-0.4, -0.2) is 53.0 Å². The van der Waals surface area contributed by atoms with E-state index < -0.39 is 0 Å².